The van der Waals surface area contributed by atoms with Crippen molar-refractivity contribution < 1.29 is 0 Å². The fraction of sp³-hybridized carbons (Fsp3) is 0. The first-order valence-electron chi connectivity index (χ1n) is 16.4. The van der Waals surface area contributed by atoms with E-state index in [1.54, 1.807) is 0 Å². The van der Waals surface area contributed by atoms with E-state index < -0.39 is 0 Å². The summed E-state index contributed by atoms with van der Waals surface area (Å²) in [5, 5.41) is 10.3. The van der Waals surface area contributed by atoms with Crippen molar-refractivity contribution >= 4 is 63.8 Å². The molecule has 2 aromatic heterocycles. The Morgan fingerprint density at radius 2 is 0.878 bits per heavy atom. The molecule has 0 N–H and O–H groups in total. The summed E-state index contributed by atoms with van der Waals surface area (Å²) < 4.78 is 2.67. The Bertz CT molecular complexity index is 2820. The van der Waals surface area contributed by atoms with Crippen LogP contribution in [-0.4, -0.2) is 15.0 Å². The zero-order valence-electron chi connectivity index (χ0n) is 26.3. The van der Waals surface area contributed by atoms with E-state index in [2.05, 4.69) is 103 Å². The van der Waals surface area contributed by atoms with Crippen LogP contribution in [0.4, 0.5) is 0 Å². The zero-order chi connectivity index (χ0) is 32.3. The molecule has 0 aliphatic heterocycles. The van der Waals surface area contributed by atoms with Gasteiger partial charge in [0.2, 0.25) is 0 Å². The Morgan fingerprint density at radius 3 is 1.61 bits per heavy atom. The lowest BCUT2D eigenvalue weighted by atomic mass is 9.93. The van der Waals surface area contributed by atoms with Gasteiger partial charge in [0, 0.05) is 36.9 Å². The van der Waals surface area contributed by atoms with Crippen molar-refractivity contribution in [1.82, 2.24) is 15.0 Å². The van der Waals surface area contributed by atoms with E-state index in [-0.39, 0.29) is 0 Å². The maximum absolute atomic E-state index is 4.96. The SMILES string of the molecule is c1ccc(-c2nc(-c3ccccc3)nc(-c3cccc(-c4ccc5c(ccc6ccc7cc8sc9ccccc9c8cc7c65)c4)c3)n2)cc1. The summed E-state index contributed by atoms with van der Waals surface area (Å²) in [6.45, 7) is 0. The van der Waals surface area contributed by atoms with Gasteiger partial charge in [-0.05, 0) is 73.8 Å². The molecule has 0 unspecified atom stereocenters. The van der Waals surface area contributed by atoms with Crippen LogP contribution in [0.25, 0.3) is 97.8 Å². The van der Waals surface area contributed by atoms with Crippen molar-refractivity contribution in [3.05, 3.63) is 164 Å². The van der Waals surface area contributed by atoms with Crippen molar-refractivity contribution in [3.63, 3.8) is 0 Å². The number of hydrogen-bond acceptors (Lipinski definition) is 4. The predicted octanol–water partition coefficient (Wildman–Crippen LogP) is 12.4. The first kappa shape index (κ1) is 27.8. The summed E-state index contributed by atoms with van der Waals surface area (Å²) in [4.78, 5) is 14.8. The summed E-state index contributed by atoms with van der Waals surface area (Å²) >= 11 is 1.87. The highest BCUT2D eigenvalue weighted by molar-refractivity contribution is 7.25. The lowest BCUT2D eigenvalue weighted by Gasteiger charge is -2.12. The molecule has 0 radical (unpaired) electrons. The van der Waals surface area contributed by atoms with Gasteiger partial charge in [-0.2, -0.15) is 0 Å². The fourth-order valence-corrected chi connectivity index (χ4v) is 8.20. The third kappa shape index (κ3) is 4.76. The molecule has 49 heavy (non-hydrogen) atoms. The smallest absolute Gasteiger partial charge is 0.164 e. The molecule has 2 heterocycles. The second kappa shape index (κ2) is 11.2. The molecule has 0 saturated heterocycles. The molecule has 0 spiro atoms. The van der Waals surface area contributed by atoms with E-state index >= 15 is 0 Å². The number of hydrogen-bond donors (Lipinski definition) is 0. The molecule has 0 atom stereocenters. The van der Waals surface area contributed by atoms with Gasteiger partial charge in [0.1, 0.15) is 0 Å². The topological polar surface area (TPSA) is 38.7 Å². The second-order valence-corrected chi connectivity index (χ2v) is 13.5. The molecule has 228 valence electrons. The molecule has 0 aliphatic rings. The van der Waals surface area contributed by atoms with Crippen molar-refractivity contribution in [2.45, 2.75) is 0 Å². The maximum atomic E-state index is 4.96. The average molecular weight is 642 g/mol. The normalized spacial score (nSPS) is 11.7. The van der Waals surface area contributed by atoms with Crippen LogP contribution >= 0.6 is 11.3 Å². The quantitative estimate of drug-likeness (QED) is 0.180. The van der Waals surface area contributed by atoms with E-state index in [1.807, 2.05) is 72.0 Å². The van der Waals surface area contributed by atoms with Crippen LogP contribution in [0.1, 0.15) is 0 Å². The Hall–Kier alpha value is -6.23. The minimum Gasteiger partial charge on any atom is -0.208 e. The van der Waals surface area contributed by atoms with Gasteiger partial charge < -0.3 is 0 Å². The number of fused-ring (bicyclic) bond motifs is 8. The Kier molecular flexibility index (Phi) is 6.36. The van der Waals surface area contributed by atoms with E-state index in [9.17, 15) is 0 Å². The Labute approximate surface area is 286 Å². The van der Waals surface area contributed by atoms with Crippen LogP contribution in [0.5, 0.6) is 0 Å². The lowest BCUT2D eigenvalue weighted by Crippen LogP contribution is -2.00. The van der Waals surface area contributed by atoms with Gasteiger partial charge in [-0.1, -0.05) is 133 Å². The summed E-state index contributed by atoms with van der Waals surface area (Å²) in [5.74, 6) is 1.97. The largest absolute Gasteiger partial charge is 0.208 e. The predicted molar refractivity (Wildman–Crippen MR) is 207 cm³/mol. The summed E-state index contributed by atoms with van der Waals surface area (Å²) in [6, 6.07) is 58.1. The second-order valence-electron chi connectivity index (χ2n) is 12.5. The van der Waals surface area contributed by atoms with E-state index in [0.717, 1.165) is 27.8 Å². The first-order chi connectivity index (χ1) is 24.2. The van der Waals surface area contributed by atoms with Crippen LogP contribution in [0.15, 0.2) is 164 Å². The van der Waals surface area contributed by atoms with Crippen LogP contribution < -0.4 is 0 Å². The van der Waals surface area contributed by atoms with Crippen molar-refractivity contribution in [1.29, 1.82) is 0 Å². The van der Waals surface area contributed by atoms with Gasteiger partial charge in [0.15, 0.2) is 17.5 Å². The molecule has 10 aromatic rings. The van der Waals surface area contributed by atoms with Gasteiger partial charge in [0.25, 0.3) is 0 Å². The average Bonchev–Trinajstić information content (AvgIpc) is 3.54. The van der Waals surface area contributed by atoms with Crippen LogP contribution in [0, 0.1) is 0 Å². The number of rotatable bonds is 4. The Balaban J connectivity index is 1.11. The number of nitrogens with zero attached hydrogens (tertiary/aromatic N) is 3. The molecule has 0 fully saturated rings. The highest BCUT2D eigenvalue weighted by atomic mass is 32.1. The van der Waals surface area contributed by atoms with Gasteiger partial charge in [0.05, 0.1) is 0 Å². The number of benzene rings is 8. The van der Waals surface area contributed by atoms with E-state index in [4.69, 9.17) is 15.0 Å². The van der Waals surface area contributed by atoms with Gasteiger partial charge in [-0.15, -0.1) is 11.3 Å². The molecule has 0 bridgehead atoms. The number of aromatic nitrogens is 3. The third-order valence-corrected chi connectivity index (χ3v) is 10.6. The van der Waals surface area contributed by atoms with Gasteiger partial charge >= 0.3 is 0 Å². The fourth-order valence-electron chi connectivity index (χ4n) is 7.06. The minimum atomic E-state index is 0.653. The molecule has 8 aromatic carbocycles. The molecule has 3 nitrogen and oxygen atoms in total. The van der Waals surface area contributed by atoms with Crippen molar-refractivity contribution in [2.75, 3.05) is 0 Å². The van der Waals surface area contributed by atoms with Crippen LogP contribution in [0.2, 0.25) is 0 Å². The molecule has 0 saturated carbocycles. The molecule has 0 amide bonds. The van der Waals surface area contributed by atoms with Crippen molar-refractivity contribution in [2.24, 2.45) is 0 Å². The molecular weight excluding hydrogens is 615 g/mol. The first-order valence-corrected chi connectivity index (χ1v) is 17.3. The van der Waals surface area contributed by atoms with E-state index in [0.29, 0.717) is 17.5 Å². The lowest BCUT2D eigenvalue weighted by molar-refractivity contribution is 1.07. The number of thiophene rings is 1. The Morgan fingerprint density at radius 1 is 0.306 bits per heavy atom. The summed E-state index contributed by atoms with van der Waals surface area (Å²) in [7, 11) is 0. The van der Waals surface area contributed by atoms with Gasteiger partial charge in [-0.3, -0.25) is 0 Å². The molecule has 4 heteroatoms. The monoisotopic (exact) mass is 641 g/mol. The zero-order valence-corrected chi connectivity index (χ0v) is 27.2. The van der Waals surface area contributed by atoms with Crippen LogP contribution in [0.3, 0.4) is 0 Å². The molecule has 0 aliphatic carbocycles. The standard InChI is InChI=1S/C45H27N3S/c1-3-10-29(11-4-1)43-46-44(30-12-5-2-6-13-30)48-45(47-43)35-15-9-14-31(25-35)32-22-23-36-33(24-32)20-18-28-19-21-34-26-41-39(27-38(34)42(28)36)37-16-7-8-17-40(37)49-41/h1-27H. The van der Waals surface area contributed by atoms with Crippen molar-refractivity contribution in [3.8, 4) is 45.3 Å². The molecular formula is C45H27N3S. The maximum Gasteiger partial charge on any atom is 0.164 e. The third-order valence-electron chi connectivity index (χ3n) is 9.47. The summed E-state index contributed by atoms with van der Waals surface area (Å²) in [5.41, 5.74) is 5.14. The highest BCUT2D eigenvalue weighted by Crippen LogP contribution is 2.40. The van der Waals surface area contributed by atoms with Gasteiger partial charge in [-0.25, -0.2) is 15.0 Å². The highest BCUT2D eigenvalue weighted by Gasteiger charge is 2.14. The molecule has 10 rings (SSSR count). The summed E-state index contributed by atoms with van der Waals surface area (Å²) in [6.07, 6.45) is 0. The van der Waals surface area contributed by atoms with E-state index in [1.165, 1.54) is 52.5 Å². The van der Waals surface area contributed by atoms with Crippen LogP contribution in [-0.2, 0) is 0 Å². The minimum absolute atomic E-state index is 0.653.